The predicted octanol–water partition coefficient (Wildman–Crippen LogP) is 15.2. The molecule has 3 heteroatoms. The number of thiophene rings is 1. The summed E-state index contributed by atoms with van der Waals surface area (Å²) >= 11 is 1.50. The van der Waals surface area contributed by atoms with Crippen LogP contribution in [0.1, 0.15) is 8.22 Å². The van der Waals surface area contributed by atoms with E-state index >= 15 is 0 Å². The van der Waals surface area contributed by atoms with E-state index in [9.17, 15) is 5.48 Å². The Morgan fingerprint density at radius 2 is 0.965 bits per heavy atom. The lowest BCUT2D eigenvalue weighted by atomic mass is 9.87. The van der Waals surface area contributed by atoms with Crippen LogP contribution in [0.3, 0.4) is 0 Å². The first-order chi connectivity index (χ1) is 30.8. The van der Waals surface area contributed by atoms with E-state index in [0.717, 1.165) is 65.0 Å². The number of benzene rings is 9. The molecule has 3 heterocycles. The van der Waals surface area contributed by atoms with Crippen LogP contribution < -0.4 is 0 Å². The van der Waals surface area contributed by atoms with Crippen LogP contribution in [-0.2, 0) is 0 Å². The topological polar surface area (TPSA) is 25.8 Å². The SMILES string of the molecule is [2H]c1c([2H])c([2H])c2c(-c3sc(-c4ccc5ccc6cccc7ccc4c5c67)c(-c4ccccc4)c3-c3ccccc3)c([2H])c([2H])c(-c3ccc4ccc5cccnc5c4n3)c2c1[2H]. The molecule has 0 atom stereocenters. The summed E-state index contributed by atoms with van der Waals surface area (Å²) in [5, 5.41) is 8.97. The summed E-state index contributed by atoms with van der Waals surface area (Å²) in [6, 6.07) is 49.4. The Kier molecular flexibility index (Phi) is 5.91. The maximum Gasteiger partial charge on any atom is 0.0972 e. The minimum absolute atomic E-state index is 0.148. The van der Waals surface area contributed by atoms with Crippen molar-refractivity contribution in [2.45, 2.75) is 0 Å². The molecule has 0 radical (unpaired) electrons. The smallest absolute Gasteiger partial charge is 0.0972 e. The largest absolute Gasteiger partial charge is 0.254 e. The fourth-order valence-corrected chi connectivity index (χ4v) is 10.0. The van der Waals surface area contributed by atoms with E-state index in [-0.39, 0.29) is 46.1 Å². The second-order valence-electron chi connectivity index (χ2n) is 14.4. The lowest BCUT2D eigenvalue weighted by Crippen LogP contribution is -1.91. The molecule has 12 rings (SSSR count). The second kappa shape index (κ2) is 12.7. The van der Waals surface area contributed by atoms with Crippen molar-refractivity contribution in [1.82, 2.24) is 9.97 Å². The molecule has 264 valence electrons. The first-order valence-corrected chi connectivity index (χ1v) is 19.7. The summed E-state index contributed by atoms with van der Waals surface area (Å²) in [6.07, 6.45) is 1.71. The van der Waals surface area contributed by atoms with Gasteiger partial charge in [0.1, 0.15) is 0 Å². The zero-order chi connectivity index (χ0) is 42.7. The number of nitrogens with zero attached hydrogens (tertiary/aromatic N) is 2. The average molecular weight is 747 g/mol. The van der Waals surface area contributed by atoms with Crippen LogP contribution in [0.2, 0.25) is 0 Å². The Morgan fingerprint density at radius 3 is 1.70 bits per heavy atom. The van der Waals surface area contributed by atoms with Gasteiger partial charge < -0.3 is 0 Å². The van der Waals surface area contributed by atoms with Gasteiger partial charge in [0.15, 0.2) is 0 Å². The van der Waals surface area contributed by atoms with E-state index in [2.05, 4.69) is 71.7 Å². The summed E-state index contributed by atoms with van der Waals surface area (Å²) in [4.78, 5) is 11.3. The fraction of sp³-hybridized carbons (Fsp3) is 0. The lowest BCUT2D eigenvalue weighted by Gasteiger charge is -2.15. The lowest BCUT2D eigenvalue weighted by molar-refractivity contribution is 1.37. The molecule has 0 amide bonds. The number of pyridine rings is 2. The Hall–Kier alpha value is -7.20. The molecule has 0 aliphatic rings. The van der Waals surface area contributed by atoms with Crippen LogP contribution in [0.15, 0.2) is 194 Å². The quantitative estimate of drug-likeness (QED) is 0.164. The van der Waals surface area contributed by atoms with Crippen LogP contribution in [0.5, 0.6) is 0 Å². The van der Waals surface area contributed by atoms with Gasteiger partial charge in [-0.1, -0.05) is 176 Å². The van der Waals surface area contributed by atoms with Gasteiger partial charge in [-0.2, -0.15) is 0 Å². The van der Waals surface area contributed by atoms with E-state index in [1.54, 1.807) is 12.3 Å². The van der Waals surface area contributed by atoms with Gasteiger partial charge in [-0.25, -0.2) is 4.98 Å². The van der Waals surface area contributed by atoms with Crippen molar-refractivity contribution in [3.63, 3.8) is 0 Å². The molecule has 3 aromatic heterocycles. The minimum atomic E-state index is -0.418. The third kappa shape index (κ3) is 4.96. The van der Waals surface area contributed by atoms with Crippen LogP contribution in [0, 0.1) is 0 Å². The second-order valence-corrected chi connectivity index (χ2v) is 15.4. The maximum atomic E-state index is 10.0. The first-order valence-electron chi connectivity index (χ1n) is 21.9. The summed E-state index contributed by atoms with van der Waals surface area (Å²) in [5.41, 5.74) is 6.68. The highest BCUT2D eigenvalue weighted by Gasteiger charge is 2.26. The zero-order valence-corrected chi connectivity index (χ0v) is 31.1. The van der Waals surface area contributed by atoms with Gasteiger partial charge in [-0.05, 0) is 66.3 Å². The number of fused-ring (bicyclic) bond motifs is 4. The first kappa shape index (κ1) is 26.6. The Morgan fingerprint density at radius 1 is 0.404 bits per heavy atom. The maximum absolute atomic E-state index is 10.0. The normalized spacial score (nSPS) is 13.3. The Bertz CT molecular complexity index is 3850. The monoisotopic (exact) mass is 746 g/mol. The van der Waals surface area contributed by atoms with E-state index in [1.807, 2.05) is 78.9 Å². The molecule has 0 unspecified atom stereocenters. The van der Waals surface area contributed by atoms with Gasteiger partial charge in [-0.3, -0.25) is 4.98 Å². The van der Waals surface area contributed by atoms with Crippen molar-refractivity contribution in [1.29, 1.82) is 0 Å². The number of aromatic nitrogens is 2. The van der Waals surface area contributed by atoms with Gasteiger partial charge in [-0.15, -0.1) is 11.3 Å². The van der Waals surface area contributed by atoms with Crippen LogP contribution in [0.4, 0.5) is 0 Å². The highest BCUT2D eigenvalue weighted by atomic mass is 32.1. The van der Waals surface area contributed by atoms with E-state index in [1.165, 1.54) is 22.1 Å². The summed E-state index contributed by atoms with van der Waals surface area (Å²) in [5.74, 6) is 0. The molecule has 0 fully saturated rings. The molecule has 12 aromatic rings. The van der Waals surface area contributed by atoms with E-state index in [0.29, 0.717) is 21.6 Å². The number of hydrogen-bond acceptors (Lipinski definition) is 3. The van der Waals surface area contributed by atoms with Gasteiger partial charge in [0.2, 0.25) is 0 Å². The Balaban J connectivity index is 1.24. The molecule has 0 bridgehead atoms. The average Bonchev–Trinajstić information content (AvgIpc) is 3.72. The van der Waals surface area contributed by atoms with Crippen molar-refractivity contribution >= 4 is 76.2 Å². The van der Waals surface area contributed by atoms with Crippen molar-refractivity contribution in [3.8, 4) is 54.4 Å². The molecule has 0 aliphatic heterocycles. The van der Waals surface area contributed by atoms with Crippen molar-refractivity contribution in [3.05, 3.63) is 194 Å². The molecule has 2 nitrogen and oxygen atoms in total. The molecule has 57 heavy (non-hydrogen) atoms. The summed E-state index contributed by atoms with van der Waals surface area (Å²) < 4.78 is 57.0. The van der Waals surface area contributed by atoms with Gasteiger partial charge in [0, 0.05) is 54.5 Å². The van der Waals surface area contributed by atoms with Gasteiger partial charge in [0.25, 0.3) is 0 Å². The van der Waals surface area contributed by atoms with Crippen LogP contribution in [0.25, 0.3) is 119 Å². The Labute approximate surface area is 341 Å². The van der Waals surface area contributed by atoms with Crippen molar-refractivity contribution in [2.24, 2.45) is 0 Å². The fourth-order valence-electron chi connectivity index (χ4n) is 8.65. The molecule has 0 aliphatic carbocycles. The third-order valence-corrected chi connectivity index (χ3v) is 12.5. The van der Waals surface area contributed by atoms with Crippen molar-refractivity contribution < 1.29 is 8.22 Å². The molecular formula is C54H32N2S. The van der Waals surface area contributed by atoms with E-state index < -0.39 is 12.1 Å². The molecule has 0 N–H and O–H groups in total. The molecule has 0 saturated heterocycles. The highest BCUT2D eigenvalue weighted by molar-refractivity contribution is 7.20. The molecular weight excluding hydrogens is 709 g/mol. The standard InChI is InChI=1S/C54H32N2S/c1-3-11-33(12-4-1)49-50(34-13-5-2-6-14-34)54(45-28-25-37-21-20-35-15-9-16-36-24-27-43(45)48(37)47(35)36)57-53(49)44-30-29-42(40-18-7-8-19-41(40)44)46-31-26-39-23-22-38-17-10-32-55-51(38)52(39)56-46/h1-32H/i7D,8D,18D,19D,29D,30D. The third-order valence-electron chi connectivity index (χ3n) is 11.2. The van der Waals surface area contributed by atoms with Gasteiger partial charge >= 0.3 is 0 Å². The number of hydrogen-bond donors (Lipinski definition) is 0. The zero-order valence-electron chi connectivity index (χ0n) is 36.3. The molecule has 9 aromatic carbocycles. The molecule has 0 spiro atoms. The minimum Gasteiger partial charge on any atom is -0.254 e. The summed E-state index contributed by atoms with van der Waals surface area (Å²) in [7, 11) is 0. The van der Waals surface area contributed by atoms with Crippen LogP contribution >= 0.6 is 11.3 Å². The highest BCUT2D eigenvalue weighted by Crippen LogP contribution is 2.55. The predicted molar refractivity (Wildman–Crippen MR) is 243 cm³/mol. The molecule has 0 saturated carbocycles. The van der Waals surface area contributed by atoms with Crippen LogP contribution in [-0.4, -0.2) is 9.97 Å². The number of rotatable bonds is 5. The summed E-state index contributed by atoms with van der Waals surface area (Å²) in [6.45, 7) is 0. The van der Waals surface area contributed by atoms with E-state index in [4.69, 9.17) is 7.73 Å². The van der Waals surface area contributed by atoms with Gasteiger partial charge in [0.05, 0.1) is 25.0 Å². The van der Waals surface area contributed by atoms with Crippen molar-refractivity contribution in [2.75, 3.05) is 0 Å².